The predicted octanol–water partition coefficient (Wildman–Crippen LogP) is 2.57. The lowest BCUT2D eigenvalue weighted by atomic mass is 10.2. The van der Waals surface area contributed by atoms with Crippen LogP contribution in [0.5, 0.6) is 0 Å². The molecule has 0 aliphatic rings. The zero-order valence-corrected chi connectivity index (χ0v) is 15.6. The van der Waals surface area contributed by atoms with Crippen molar-refractivity contribution in [2.24, 2.45) is 0 Å². The van der Waals surface area contributed by atoms with Gasteiger partial charge in [-0.1, -0.05) is 35.9 Å². The van der Waals surface area contributed by atoms with E-state index >= 15 is 0 Å². The highest BCUT2D eigenvalue weighted by molar-refractivity contribution is 6.33. The van der Waals surface area contributed by atoms with E-state index < -0.39 is 0 Å². The third-order valence-electron chi connectivity index (χ3n) is 3.47. The Morgan fingerprint density at radius 2 is 1.81 bits per heavy atom. The molecule has 3 N–H and O–H groups in total. The van der Waals surface area contributed by atoms with Crippen LogP contribution in [0.3, 0.4) is 0 Å². The second-order valence-corrected chi connectivity index (χ2v) is 6.50. The lowest BCUT2D eigenvalue weighted by Gasteiger charge is -2.12. The Balaban J connectivity index is 1.81. The largest absolute Gasteiger partial charge is 0.375 e. The predicted molar refractivity (Wildman–Crippen MR) is 105 cm³/mol. The second-order valence-electron chi connectivity index (χ2n) is 6.10. The molecule has 6 nitrogen and oxygen atoms in total. The SMILES string of the molecule is CN(C)CC(=O)Nc1cccc(CNC(=O)CNc2ccccc2Cl)c1. The number of hydrogen-bond acceptors (Lipinski definition) is 4. The van der Waals surface area contributed by atoms with Crippen LogP contribution >= 0.6 is 11.6 Å². The molecule has 0 saturated carbocycles. The van der Waals surface area contributed by atoms with Crippen molar-refractivity contribution in [1.29, 1.82) is 0 Å². The first-order valence-corrected chi connectivity index (χ1v) is 8.60. The summed E-state index contributed by atoms with van der Waals surface area (Å²) in [5, 5.41) is 9.24. The second kappa shape index (κ2) is 9.79. The van der Waals surface area contributed by atoms with Gasteiger partial charge < -0.3 is 20.9 Å². The van der Waals surface area contributed by atoms with Gasteiger partial charge in [-0.15, -0.1) is 0 Å². The minimum absolute atomic E-state index is 0.0832. The van der Waals surface area contributed by atoms with E-state index in [0.717, 1.165) is 11.3 Å². The van der Waals surface area contributed by atoms with Gasteiger partial charge in [0.25, 0.3) is 0 Å². The van der Waals surface area contributed by atoms with Crippen LogP contribution < -0.4 is 16.0 Å². The molecule has 0 aliphatic heterocycles. The molecule has 0 aliphatic carbocycles. The minimum Gasteiger partial charge on any atom is -0.375 e. The molecule has 0 saturated heterocycles. The van der Waals surface area contributed by atoms with E-state index in [1.54, 1.807) is 11.0 Å². The van der Waals surface area contributed by atoms with Crippen LogP contribution in [-0.2, 0) is 16.1 Å². The molecule has 2 aromatic rings. The molecule has 7 heteroatoms. The van der Waals surface area contributed by atoms with Crippen molar-refractivity contribution >= 4 is 34.8 Å². The summed E-state index contributed by atoms with van der Waals surface area (Å²) in [4.78, 5) is 25.6. The maximum Gasteiger partial charge on any atom is 0.239 e. The Labute approximate surface area is 158 Å². The maximum absolute atomic E-state index is 12.0. The summed E-state index contributed by atoms with van der Waals surface area (Å²) in [5.74, 6) is -0.230. The van der Waals surface area contributed by atoms with E-state index in [-0.39, 0.29) is 18.4 Å². The van der Waals surface area contributed by atoms with Gasteiger partial charge in [0.1, 0.15) is 0 Å². The van der Waals surface area contributed by atoms with E-state index in [1.165, 1.54) is 0 Å². The Morgan fingerprint density at radius 3 is 2.54 bits per heavy atom. The van der Waals surface area contributed by atoms with Crippen molar-refractivity contribution in [2.75, 3.05) is 37.8 Å². The zero-order chi connectivity index (χ0) is 18.9. The van der Waals surface area contributed by atoms with Gasteiger partial charge in [-0.2, -0.15) is 0 Å². The highest BCUT2D eigenvalue weighted by Gasteiger charge is 2.06. The Morgan fingerprint density at radius 1 is 1.04 bits per heavy atom. The molecule has 0 bridgehead atoms. The fourth-order valence-corrected chi connectivity index (χ4v) is 2.49. The van der Waals surface area contributed by atoms with E-state index in [2.05, 4.69) is 16.0 Å². The summed E-state index contributed by atoms with van der Waals surface area (Å²) in [7, 11) is 3.67. The number of likely N-dealkylation sites (N-methyl/N-ethyl adjacent to an activating group) is 1. The van der Waals surface area contributed by atoms with Gasteiger partial charge in [-0.05, 0) is 43.9 Å². The first-order valence-electron chi connectivity index (χ1n) is 8.22. The lowest BCUT2D eigenvalue weighted by molar-refractivity contribution is -0.119. The Hall–Kier alpha value is -2.57. The Bertz CT molecular complexity index is 765. The van der Waals surface area contributed by atoms with Gasteiger partial charge in [0.15, 0.2) is 0 Å². The standard InChI is InChI=1S/C19H23ClN4O2/c1-24(2)13-19(26)23-15-7-5-6-14(10-15)11-22-18(25)12-21-17-9-4-3-8-16(17)20/h3-10,21H,11-13H2,1-2H3,(H,22,25)(H,23,26). The van der Waals surface area contributed by atoms with Crippen LogP contribution in [0.4, 0.5) is 11.4 Å². The molecule has 26 heavy (non-hydrogen) atoms. The molecular formula is C19H23ClN4O2. The number of benzene rings is 2. The Kier molecular flexibility index (Phi) is 7.44. The van der Waals surface area contributed by atoms with Crippen LogP contribution in [-0.4, -0.2) is 43.9 Å². The van der Waals surface area contributed by atoms with E-state index in [4.69, 9.17) is 11.6 Å². The van der Waals surface area contributed by atoms with E-state index in [9.17, 15) is 9.59 Å². The van der Waals surface area contributed by atoms with Gasteiger partial charge in [0.05, 0.1) is 23.8 Å². The number of halogens is 1. The van der Waals surface area contributed by atoms with Gasteiger partial charge in [0.2, 0.25) is 11.8 Å². The number of anilines is 2. The lowest BCUT2D eigenvalue weighted by Crippen LogP contribution is -2.29. The quantitative estimate of drug-likeness (QED) is 0.664. The van der Waals surface area contributed by atoms with Crippen LogP contribution in [0, 0.1) is 0 Å². The molecule has 138 valence electrons. The molecule has 0 fully saturated rings. The van der Waals surface area contributed by atoms with Crippen molar-refractivity contribution < 1.29 is 9.59 Å². The number of rotatable bonds is 8. The molecular weight excluding hydrogens is 352 g/mol. The number of carbonyl (C=O) groups is 2. The topological polar surface area (TPSA) is 73.5 Å². The van der Waals surface area contributed by atoms with E-state index in [0.29, 0.717) is 23.8 Å². The van der Waals surface area contributed by atoms with Crippen molar-refractivity contribution in [1.82, 2.24) is 10.2 Å². The highest BCUT2D eigenvalue weighted by Crippen LogP contribution is 2.19. The number of nitrogens with zero attached hydrogens (tertiary/aromatic N) is 1. The first-order chi connectivity index (χ1) is 12.4. The molecule has 0 unspecified atom stereocenters. The van der Waals surface area contributed by atoms with Gasteiger partial charge in [-0.3, -0.25) is 9.59 Å². The fourth-order valence-electron chi connectivity index (χ4n) is 2.29. The zero-order valence-electron chi connectivity index (χ0n) is 14.9. The van der Waals surface area contributed by atoms with Crippen molar-refractivity contribution in [2.45, 2.75) is 6.54 Å². The van der Waals surface area contributed by atoms with Crippen LogP contribution in [0.1, 0.15) is 5.56 Å². The molecule has 2 rings (SSSR count). The molecule has 0 atom stereocenters. The number of nitrogens with one attached hydrogen (secondary N) is 3. The average Bonchev–Trinajstić information content (AvgIpc) is 2.59. The van der Waals surface area contributed by atoms with Gasteiger partial charge >= 0.3 is 0 Å². The third-order valence-corrected chi connectivity index (χ3v) is 3.80. The van der Waals surface area contributed by atoms with Gasteiger partial charge in [0, 0.05) is 12.2 Å². The number of para-hydroxylation sites is 1. The molecule has 0 aromatic heterocycles. The summed E-state index contributed by atoms with van der Waals surface area (Å²) >= 11 is 6.04. The molecule has 2 amide bonds. The first kappa shape index (κ1) is 19.8. The minimum atomic E-state index is -0.146. The molecule has 0 heterocycles. The average molecular weight is 375 g/mol. The summed E-state index contributed by atoms with van der Waals surface area (Å²) in [5.41, 5.74) is 2.33. The number of amides is 2. The summed E-state index contributed by atoms with van der Waals surface area (Å²) in [6.45, 7) is 0.818. The van der Waals surface area contributed by atoms with E-state index in [1.807, 2.05) is 56.6 Å². The highest BCUT2D eigenvalue weighted by atomic mass is 35.5. The van der Waals surface area contributed by atoms with Crippen molar-refractivity contribution in [3.05, 3.63) is 59.1 Å². The summed E-state index contributed by atoms with van der Waals surface area (Å²) in [6, 6.07) is 14.7. The normalized spacial score (nSPS) is 10.5. The molecule has 0 spiro atoms. The van der Waals surface area contributed by atoms with Crippen LogP contribution in [0.2, 0.25) is 5.02 Å². The summed E-state index contributed by atoms with van der Waals surface area (Å²) in [6.07, 6.45) is 0. The van der Waals surface area contributed by atoms with Crippen LogP contribution in [0.15, 0.2) is 48.5 Å². The van der Waals surface area contributed by atoms with Gasteiger partial charge in [-0.25, -0.2) is 0 Å². The third kappa shape index (κ3) is 6.74. The fraction of sp³-hybridized carbons (Fsp3) is 0.263. The maximum atomic E-state index is 12.0. The summed E-state index contributed by atoms with van der Waals surface area (Å²) < 4.78 is 0. The van der Waals surface area contributed by atoms with Crippen molar-refractivity contribution in [3.63, 3.8) is 0 Å². The van der Waals surface area contributed by atoms with Crippen LogP contribution in [0.25, 0.3) is 0 Å². The molecule has 2 aromatic carbocycles. The van der Waals surface area contributed by atoms with Crippen molar-refractivity contribution in [3.8, 4) is 0 Å². The molecule has 0 radical (unpaired) electrons. The number of hydrogen-bond donors (Lipinski definition) is 3. The monoisotopic (exact) mass is 374 g/mol. The smallest absolute Gasteiger partial charge is 0.239 e. The number of carbonyl (C=O) groups excluding carboxylic acids is 2.